The van der Waals surface area contributed by atoms with E-state index in [-0.39, 0.29) is 10.6 Å². The van der Waals surface area contributed by atoms with Gasteiger partial charge in [0.2, 0.25) is 0 Å². The average molecular weight is 242 g/mol. The minimum Gasteiger partial charge on any atom is -0.494 e. The molecule has 1 aliphatic rings. The fourth-order valence-electron chi connectivity index (χ4n) is 1.41. The molecule has 16 heavy (non-hydrogen) atoms. The van der Waals surface area contributed by atoms with Gasteiger partial charge in [0.1, 0.15) is 10.6 Å². The summed E-state index contributed by atoms with van der Waals surface area (Å²) < 4.78 is 30.3. The molecule has 0 spiro atoms. The third kappa shape index (κ3) is 1.81. The van der Waals surface area contributed by atoms with Crippen molar-refractivity contribution in [1.82, 2.24) is 4.72 Å². The van der Waals surface area contributed by atoms with Crippen LogP contribution in [0.5, 0.6) is 5.75 Å². The fraction of sp³-hybridized carbons (Fsp3) is 0.222. The Morgan fingerprint density at radius 1 is 1.38 bits per heavy atom. The molecule has 2 N–H and O–H groups in total. The van der Waals surface area contributed by atoms with Crippen molar-refractivity contribution in [2.45, 2.75) is 11.8 Å². The maximum Gasteiger partial charge on any atom is 0.333 e. The molecule has 0 atom stereocenters. The van der Waals surface area contributed by atoms with Gasteiger partial charge in [0.25, 0.3) is 10.0 Å². The summed E-state index contributed by atoms with van der Waals surface area (Å²) in [6.07, 6.45) is 0. The topological polar surface area (TPSA) is 84.5 Å². The molecule has 0 bridgehead atoms. The summed E-state index contributed by atoms with van der Waals surface area (Å²) in [7, 11) is -3.77. The Morgan fingerprint density at radius 3 is 2.81 bits per heavy atom. The molecule has 0 aliphatic carbocycles. The largest absolute Gasteiger partial charge is 0.494 e. The summed E-state index contributed by atoms with van der Waals surface area (Å²) in [6.45, 7) is 2.24. The van der Waals surface area contributed by atoms with E-state index < -0.39 is 16.1 Å². The zero-order chi connectivity index (χ0) is 11.8. The van der Waals surface area contributed by atoms with Gasteiger partial charge in [0, 0.05) is 6.07 Å². The van der Waals surface area contributed by atoms with Gasteiger partial charge >= 0.3 is 6.03 Å². The van der Waals surface area contributed by atoms with E-state index in [0.29, 0.717) is 12.4 Å². The standard InChI is InChI=1S/C9H10N2O4S/c1-2-15-6-3-4-7-8(5-6)16(13,14)11-9(12)10-7/h3-5H,2H2,1H3,(H2,10,11,12). The highest BCUT2D eigenvalue weighted by atomic mass is 32.2. The van der Waals surface area contributed by atoms with Gasteiger partial charge in [0.15, 0.2) is 0 Å². The van der Waals surface area contributed by atoms with Crippen molar-refractivity contribution < 1.29 is 17.9 Å². The molecule has 1 aromatic carbocycles. The maximum atomic E-state index is 11.6. The van der Waals surface area contributed by atoms with E-state index in [1.807, 2.05) is 4.72 Å². The number of fused-ring (bicyclic) bond motifs is 1. The normalized spacial score (nSPS) is 16.9. The molecular formula is C9H10N2O4S. The Morgan fingerprint density at radius 2 is 2.12 bits per heavy atom. The van der Waals surface area contributed by atoms with Gasteiger partial charge in [-0.2, -0.15) is 0 Å². The van der Waals surface area contributed by atoms with Crippen LogP contribution in [0, 0.1) is 0 Å². The second-order valence-electron chi connectivity index (χ2n) is 3.15. The minimum atomic E-state index is -3.77. The zero-order valence-electron chi connectivity index (χ0n) is 8.48. The van der Waals surface area contributed by atoms with Crippen LogP contribution in [0.4, 0.5) is 10.5 Å². The number of ether oxygens (including phenoxy) is 1. The van der Waals surface area contributed by atoms with Gasteiger partial charge in [-0.3, -0.25) is 0 Å². The van der Waals surface area contributed by atoms with Crippen LogP contribution in [0.15, 0.2) is 23.1 Å². The maximum absolute atomic E-state index is 11.6. The predicted octanol–water partition coefficient (Wildman–Crippen LogP) is 0.909. The van der Waals surface area contributed by atoms with E-state index in [9.17, 15) is 13.2 Å². The molecule has 0 aromatic heterocycles. The van der Waals surface area contributed by atoms with Crippen molar-refractivity contribution in [2.75, 3.05) is 11.9 Å². The van der Waals surface area contributed by atoms with Crippen LogP contribution in [0.2, 0.25) is 0 Å². The third-order valence-electron chi connectivity index (χ3n) is 2.03. The lowest BCUT2D eigenvalue weighted by molar-refractivity contribution is 0.256. The number of sulfonamides is 1. The van der Waals surface area contributed by atoms with E-state index in [4.69, 9.17) is 4.74 Å². The molecule has 1 heterocycles. The molecule has 6 nitrogen and oxygen atoms in total. The monoisotopic (exact) mass is 242 g/mol. The lowest BCUT2D eigenvalue weighted by Crippen LogP contribution is -2.39. The number of benzene rings is 1. The predicted molar refractivity (Wildman–Crippen MR) is 57.0 cm³/mol. The van der Waals surface area contributed by atoms with Gasteiger partial charge in [-0.15, -0.1) is 0 Å². The van der Waals surface area contributed by atoms with Gasteiger partial charge in [-0.05, 0) is 19.1 Å². The Balaban J connectivity index is 2.53. The number of carbonyl (C=O) groups excluding carboxylic acids is 1. The average Bonchev–Trinajstić information content (AvgIpc) is 2.18. The first kappa shape index (κ1) is 10.7. The summed E-state index contributed by atoms with van der Waals surface area (Å²) in [6, 6.07) is 3.72. The number of urea groups is 1. The second-order valence-corrected chi connectivity index (χ2v) is 4.80. The lowest BCUT2D eigenvalue weighted by atomic mass is 10.3. The van der Waals surface area contributed by atoms with Crippen LogP contribution in [0.1, 0.15) is 6.92 Å². The zero-order valence-corrected chi connectivity index (χ0v) is 9.30. The molecule has 0 saturated heterocycles. The molecule has 1 aliphatic heterocycles. The summed E-state index contributed by atoms with van der Waals surface area (Å²) in [5, 5.41) is 2.40. The number of nitrogens with one attached hydrogen (secondary N) is 2. The van der Waals surface area contributed by atoms with Crippen molar-refractivity contribution in [3.8, 4) is 5.75 Å². The summed E-state index contributed by atoms with van der Waals surface area (Å²) in [5.41, 5.74) is 0.257. The van der Waals surface area contributed by atoms with Crippen molar-refractivity contribution >= 4 is 21.7 Å². The Labute approximate surface area is 92.7 Å². The van der Waals surface area contributed by atoms with Crippen LogP contribution in [0.25, 0.3) is 0 Å². The first-order chi connectivity index (χ1) is 7.53. The SMILES string of the molecule is CCOc1ccc2c(c1)S(=O)(=O)NC(=O)N2. The van der Waals surface area contributed by atoms with E-state index in [1.54, 1.807) is 13.0 Å². The molecule has 7 heteroatoms. The van der Waals surface area contributed by atoms with Crippen LogP contribution in [-0.2, 0) is 10.0 Å². The second kappa shape index (κ2) is 3.67. The highest BCUT2D eigenvalue weighted by Gasteiger charge is 2.27. The molecular weight excluding hydrogens is 232 g/mol. The number of amides is 2. The van der Waals surface area contributed by atoms with Gasteiger partial charge < -0.3 is 10.1 Å². The van der Waals surface area contributed by atoms with E-state index >= 15 is 0 Å². The first-order valence-electron chi connectivity index (χ1n) is 4.63. The lowest BCUT2D eigenvalue weighted by Gasteiger charge is -2.18. The number of carbonyl (C=O) groups is 1. The van der Waals surface area contributed by atoms with Gasteiger partial charge in [-0.25, -0.2) is 17.9 Å². The molecule has 1 aromatic rings. The highest BCUT2D eigenvalue weighted by Crippen LogP contribution is 2.28. The quantitative estimate of drug-likeness (QED) is 0.807. The van der Waals surface area contributed by atoms with Crippen LogP contribution in [0.3, 0.4) is 0 Å². The van der Waals surface area contributed by atoms with E-state index in [2.05, 4.69) is 5.32 Å². The van der Waals surface area contributed by atoms with E-state index in [1.165, 1.54) is 12.1 Å². The Bertz CT molecular complexity index is 538. The van der Waals surface area contributed by atoms with Crippen molar-refractivity contribution in [3.05, 3.63) is 18.2 Å². The van der Waals surface area contributed by atoms with Crippen molar-refractivity contribution in [1.29, 1.82) is 0 Å². The molecule has 0 saturated carbocycles. The van der Waals surface area contributed by atoms with Crippen LogP contribution >= 0.6 is 0 Å². The summed E-state index contributed by atoms with van der Waals surface area (Å²) in [5.74, 6) is 0.447. The van der Waals surface area contributed by atoms with Crippen molar-refractivity contribution in [2.24, 2.45) is 0 Å². The third-order valence-corrected chi connectivity index (χ3v) is 3.40. The smallest absolute Gasteiger partial charge is 0.333 e. The Hall–Kier alpha value is -1.76. The van der Waals surface area contributed by atoms with Crippen molar-refractivity contribution in [3.63, 3.8) is 0 Å². The molecule has 0 fully saturated rings. The number of hydrogen-bond acceptors (Lipinski definition) is 4. The van der Waals surface area contributed by atoms with Crippen LogP contribution < -0.4 is 14.8 Å². The highest BCUT2D eigenvalue weighted by molar-refractivity contribution is 7.90. The molecule has 2 amide bonds. The number of anilines is 1. The van der Waals surface area contributed by atoms with Gasteiger partial charge in [0.05, 0.1) is 12.3 Å². The summed E-state index contributed by atoms with van der Waals surface area (Å²) >= 11 is 0. The molecule has 0 unspecified atom stereocenters. The van der Waals surface area contributed by atoms with Gasteiger partial charge in [-0.1, -0.05) is 0 Å². The Kier molecular flexibility index (Phi) is 2.47. The van der Waals surface area contributed by atoms with E-state index in [0.717, 1.165) is 0 Å². The first-order valence-corrected chi connectivity index (χ1v) is 6.12. The summed E-state index contributed by atoms with van der Waals surface area (Å²) in [4.78, 5) is 11.0. The minimum absolute atomic E-state index is 0.0121. The molecule has 0 radical (unpaired) electrons. The number of rotatable bonds is 2. The fourth-order valence-corrected chi connectivity index (χ4v) is 2.49. The molecule has 2 rings (SSSR count). The number of hydrogen-bond donors (Lipinski definition) is 2. The van der Waals surface area contributed by atoms with Crippen LogP contribution in [-0.4, -0.2) is 21.1 Å². The molecule has 86 valence electrons.